The third-order valence-corrected chi connectivity index (χ3v) is 18.4. The Bertz CT molecular complexity index is 1630. The maximum absolute atomic E-state index is 13.1. The minimum atomic E-state index is -1.58. The van der Waals surface area contributed by atoms with E-state index >= 15 is 0 Å². The van der Waals surface area contributed by atoms with Crippen LogP contribution in [-0.2, 0) is 23.8 Å². The van der Waals surface area contributed by atoms with Gasteiger partial charge in [-0.15, -0.1) is 0 Å². The number of unbranched alkanes of at least 4 members (excludes halogenated alkanes) is 49. The van der Waals surface area contributed by atoms with E-state index in [2.05, 4.69) is 55.6 Å². The number of aliphatic hydroxyl groups is 5. The third kappa shape index (κ3) is 56.0. The van der Waals surface area contributed by atoms with Gasteiger partial charge in [0.1, 0.15) is 24.4 Å². The first-order valence-electron chi connectivity index (χ1n) is 38.9. The van der Waals surface area contributed by atoms with E-state index in [1.807, 2.05) is 6.08 Å². The van der Waals surface area contributed by atoms with Gasteiger partial charge in [0.05, 0.1) is 32.0 Å². The topological polar surface area (TPSA) is 175 Å². The number of nitrogens with one attached hydrogen (secondary N) is 1. The Hall–Kier alpha value is -2.38. The highest BCUT2D eigenvalue weighted by Crippen LogP contribution is 2.24. The molecule has 1 rings (SSSR count). The van der Waals surface area contributed by atoms with Gasteiger partial charge in [-0.2, -0.15) is 0 Å². The summed E-state index contributed by atoms with van der Waals surface area (Å²) in [5, 5.41) is 54.6. The normalized spacial score (nSPS) is 17.9. The molecule has 90 heavy (non-hydrogen) atoms. The number of hydrogen-bond acceptors (Lipinski definition) is 10. The van der Waals surface area contributed by atoms with Crippen LogP contribution >= 0.6 is 0 Å². The minimum absolute atomic E-state index is 0.0109. The van der Waals surface area contributed by atoms with Crippen molar-refractivity contribution in [3.8, 4) is 0 Å². The van der Waals surface area contributed by atoms with E-state index in [0.29, 0.717) is 19.4 Å². The van der Waals surface area contributed by atoms with E-state index < -0.39 is 49.5 Å². The van der Waals surface area contributed by atoms with Gasteiger partial charge in [-0.05, 0) is 77.0 Å². The van der Waals surface area contributed by atoms with E-state index in [0.717, 1.165) is 57.8 Å². The Morgan fingerprint density at radius 3 is 1.17 bits per heavy atom. The summed E-state index contributed by atoms with van der Waals surface area (Å²) in [5.74, 6) is -0.176. The molecule has 6 N–H and O–H groups in total. The molecule has 1 aliphatic heterocycles. The van der Waals surface area contributed by atoms with E-state index in [4.69, 9.17) is 14.2 Å². The minimum Gasteiger partial charge on any atom is -0.466 e. The van der Waals surface area contributed by atoms with E-state index in [1.54, 1.807) is 6.08 Å². The molecule has 11 nitrogen and oxygen atoms in total. The van der Waals surface area contributed by atoms with Crippen molar-refractivity contribution in [3.05, 3.63) is 48.6 Å². The van der Waals surface area contributed by atoms with Crippen molar-refractivity contribution >= 4 is 11.9 Å². The van der Waals surface area contributed by atoms with Crippen LogP contribution in [0.3, 0.4) is 0 Å². The van der Waals surface area contributed by atoms with Crippen molar-refractivity contribution in [2.75, 3.05) is 19.8 Å². The molecule has 0 aliphatic carbocycles. The molecule has 0 bridgehead atoms. The zero-order valence-electron chi connectivity index (χ0n) is 58.9. The fourth-order valence-electron chi connectivity index (χ4n) is 12.3. The van der Waals surface area contributed by atoms with Gasteiger partial charge in [0.25, 0.3) is 0 Å². The Morgan fingerprint density at radius 2 is 0.756 bits per heavy atom. The van der Waals surface area contributed by atoms with Crippen LogP contribution in [0.25, 0.3) is 0 Å². The molecule has 1 saturated heterocycles. The molecule has 528 valence electrons. The Morgan fingerprint density at radius 1 is 0.411 bits per heavy atom. The molecule has 0 saturated carbocycles. The van der Waals surface area contributed by atoms with E-state index in [1.165, 1.54) is 295 Å². The molecule has 0 aromatic carbocycles. The second kappa shape index (κ2) is 68.0. The first-order valence-corrected chi connectivity index (χ1v) is 38.9. The van der Waals surface area contributed by atoms with Gasteiger partial charge < -0.3 is 45.1 Å². The first kappa shape index (κ1) is 85.6. The van der Waals surface area contributed by atoms with Gasteiger partial charge in [-0.25, -0.2) is 0 Å². The monoisotopic (exact) mass is 1270 g/mol. The van der Waals surface area contributed by atoms with Crippen molar-refractivity contribution in [2.24, 2.45) is 0 Å². The van der Waals surface area contributed by atoms with Crippen LogP contribution in [0.5, 0.6) is 0 Å². The summed E-state index contributed by atoms with van der Waals surface area (Å²) in [4.78, 5) is 25.1. The summed E-state index contributed by atoms with van der Waals surface area (Å²) in [6.45, 7) is 4.37. The highest BCUT2D eigenvalue weighted by atomic mass is 16.7. The lowest BCUT2D eigenvalue weighted by Crippen LogP contribution is -2.60. The molecule has 7 unspecified atom stereocenters. The van der Waals surface area contributed by atoms with E-state index in [9.17, 15) is 35.1 Å². The van der Waals surface area contributed by atoms with Crippen LogP contribution in [-0.4, -0.2) is 100 Å². The number of carbonyl (C=O) groups is 2. The highest BCUT2D eigenvalue weighted by molar-refractivity contribution is 5.76. The van der Waals surface area contributed by atoms with Crippen molar-refractivity contribution < 1.29 is 49.3 Å². The average Bonchev–Trinajstić information content (AvgIpc) is 2.63. The second-order valence-electron chi connectivity index (χ2n) is 27.1. The fourth-order valence-corrected chi connectivity index (χ4v) is 12.3. The Kier molecular flexibility index (Phi) is 64.7. The molecule has 1 amide bonds. The van der Waals surface area contributed by atoms with Gasteiger partial charge in [0.15, 0.2) is 6.29 Å². The number of esters is 1. The van der Waals surface area contributed by atoms with Gasteiger partial charge >= 0.3 is 5.97 Å². The fraction of sp³-hybridized carbons (Fsp3) is 0.873. The number of hydrogen-bond donors (Lipinski definition) is 6. The van der Waals surface area contributed by atoms with Gasteiger partial charge in [0.2, 0.25) is 5.91 Å². The molecule has 1 fully saturated rings. The third-order valence-electron chi connectivity index (χ3n) is 18.4. The average molecular weight is 1270 g/mol. The van der Waals surface area contributed by atoms with Crippen LogP contribution in [0.2, 0.25) is 0 Å². The molecule has 7 atom stereocenters. The molecule has 1 heterocycles. The quantitative estimate of drug-likeness (QED) is 0.0195. The largest absolute Gasteiger partial charge is 0.466 e. The Labute approximate surface area is 555 Å². The number of allylic oxidation sites excluding steroid dienone is 7. The lowest BCUT2D eigenvalue weighted by Gasteiger charge is -2.40. The molecular weight excluding hydrogens is 1120 g/mol. The van der Waals surface area contributed by atoms with Crippen molar-refractivity contribution in [1.82, 2.24) is 5.32 Å². The second-order valence-corrected chi connectivity index (χ2v) is 27.1. The first-order chi connectivity index (χ1) is 44.2. The van der Waals surface area contributed by atoms with Gasteiger partial charge in [-0.3, -0.25) is 9.59 Å². The summed E-state index contributed by atoms with van der Waals surface area (Å²) >= 11 is 0. The standard InChI is InChI=1S/C79H147NO10/c1-3-5-7-9-11-13-15-17-39-42-45-49-53-57-61-65-72(82)71(70-89-79-78(87)77(86)76(85)73(69-81)90-79)80-74(83)66-62-58-54-50-46-43-40-37-35-33-31-29-27-25-23-21-19-18-20-22-24-26-28-30-32-34-36-38-41-44-48-52-56-60-64-68-88-75(84)67-63-59-55-51-47-16-14-12-10-8-6-4-2/h20,22,26,28,45,49,61,65,71-73,76-79,81-82,85-87H,3-19,21,23-25,27,29-44,46-48,50-60,62-64,66-70H2,1-2H3,(H,80,83)/b22-20-,28-26-,49-45+,65-61+. The number of amides is 1. The molecule has 1 aliphatic rings. The summed E-state index contributed by atoms with van der Waals surface area (Å²) in [7, 11) is 0. The molecule has 11 heteroatoms. The van der Waals surface area contributed by atoms with Crippen LogP contribution in [0.1, 0.15) is 380 Å². The maximum atomic E-state index is 13.1. The number of ether oxygens (including phenoxy) is 3. The lowest BCUT2D eigenvalue weighted by molar-refractivity contribution is -0.302. The molecular formula is C79H147NO10. The summed E-state index contributed by atoms with van der Waals surface area (Å²) in [6.07, 6.45) is 79.8. The van der Waals surface area contributed by atoms with E-state index in [-0.39, 0.29) is 18.5 Å². The maximum Gasteiger partial charge on any atom is 0.305 e. The lowest BCUT2D eigenvalue weighted by atomic mass is 9.99. The predicted molar refractivity (Wildman–Crippen MR) is 380 cm³/mol. The van der Waals surface area contributed by atoms with Crippen molar-refractivity contribution in [3.63, 3.8) is 0 Å². The van der Waals surface area contributed by atoms with Crippen LogP contribution < -0.4 is 5.32 Å². The smallest absolute Gasteiger partial charge is 0.305 e. The molecule has 0 radical (unpaired) electrons. The van der Waals surface area contributed by atoms with Crippen LogP contribution in [0.15, 0.2) is 48.6 Å². The summed E-state index contributed by atoms with van der Waals surface area (Å²) < 4.78 is 16.8. The molecule has 0 spiro atoms. The van der Waals surface area contributed by atoms with Gasteiger partial charge in [-0.1, -0.05) is 339 Å². The molecule has 0 aromatic rings. The van der Waals surface area contributed by atoms with Gasteiger partial charge in [0, 0.05) is 12.8 Å². The zero-order valence-corrected chi connectivity index (χ0v) is 58.9. The zero-order chi connectivity index (χ0) is 65.1. The molecule has 0 aromatic heterocycles. The van der Waals surface area contributed by atoms with Crippen LogP contribution in [0.4, 0.5) is 0 Å². The summed E-state index contributed by atoms with van der Waals surface area (Å²) in [5.41, 5.74) is 0. The SMILES string of the molecule is CCCCCCCCCCC/C=C/CC/C=C/C(O)C(COC1OC(CO)C(O)C(O)C1O)NC(=O)CCCCCCCCCCCCCCCCCCC/C=C\C/C=C\CCCCCCCCCCCCCOC(=O)CCCCCCCCCCCCCC. The van der Waals surface area contributed by atoms with Crippen LogP contribution in [0, 0.1) is 0 Å². The number of carbonyl (C=O) groups excluding carboxylic acids is 2. The Balaban J connectivity index is 1.96. The number of aliphatic hydroxyl groups excluding tert-OH is 5. The summed E-state index contributed by atoms with van der Waals surface area (Å²) in [6, 6.07) is -0.827. The number of rotatable bonds is 69. The predicted octanol–water partition coefficient (Wildman–Crippen LogP) is 20.7. The highest BCUT2D eigenvalue weighted by Gasteiger charge is 2.44. The van der Waals surface area contributed by atoms with Crippen molar-refractivity contribution in [2.45, 2.75) is 423 Å². The van der Waals surface area contributed by atoms with Crippen molar-refractivity contribution in [1.29, 1.82) is 0 Å².